The van der Waals surface area contributed by atoms with E-state index >= 15 is 0 Å². The van der Waals surface area contributed by atoms with E-state index in [0.29, 0.717) is 17.0 Å². The Hall–Kier alpha value is -2.10. The Morgan fingerprint density at radius 1 is 1.37 bits per heavy atom. The van der Waals surface area contributed by atoms with Gasteiger partial charge in [-0.1, -0.05) is 12.1 Å². The molecule has 2 rings (SSSR count). The van der Waals surface area contributed by atoms with E-state index in [1.807, 2.05) is 32.9 Å². The summed E-state index contributed by atoms with van der Waals surface area (Å²) in [5, 5.41) is 4.10. The molecule has 19 heavy (non-hydrogen) atoms. The van der Waals surface area contributed by atoms with Gasteiger partial charge in [0, 0.05) is 12.6 Å². The molecule has 1 aromatic carbocycles. The maximum absolute atomic E-state index is 12.5. The highest BCUT2D eigenvalue weighted by Crippen LogP contribution is 2.19. The third-order valence-electron chi connectivity index (χ3n) is 2.80. The number of aromatic nitrogens is 2. The molecule has 4 heteroatoms. The summed E-state index contributed by atoms with van der Waals surface area (Å²) in [6.45, 7) is 5.80. The van der Waals surface area contributed by atoms with Gasteiger partial charge in [-0.05, 0) is 38.5 Å². The van der Waals surface area contributed by atoms with Gasteiger partial charge in [-0.2, -0.15) is 5.10 Å². The van der Waals surface area contributed by atoms with Gasteiger partial charge in [0.2, 0.25) is 5.78 Å². The SMILES string of the molecule is Cc1cnn(C)c1C(=O)c1cccc(OC(C)C)c1. The molecule has 0 aliphatic heterocycles. The Bertz CT molecular complexity index is 580. The number of hydrogen-bond acceptors (Lipinski definition) is 3. The fourth-order valence-corrected chi connectivity index (χ4v) is 1.99. The molecule has 0 saturated heterocycles. The molecule has 1 heterocycles. The molecule has 100 valence electrons. The topological polar surface area (TPSA) is 44.1 Å². The Kier molecular flexibility index (Phi) is 3.69. The lowest BCUT2D eigenvalue weighted by atomic mass is 10.1. The maximum Gasteiger partial charge on any atom is 0.211 e. The zero-order valence-electron chi connectivity index (χ0n) is 11.7. The van der Waals surface area contributed by atoms with Crippen molar-refractivity contribution < 1.29 is 9.53 Å². The first kappa shape index (κ1) is 13.3. The summed E-state index contributed by atoms with van der Waals surface area (Å²) in [5.74, 6) is 0.673. The number of carbonyl (C=O) groups excluding carboxylic acids is 1. The smallest absolute Gasteiger partial charge is 0.211 e. The van der Waals surface area contributed by atoms with Crippen LogP contribution >= 0.6 is 0 Å². The van der Waals surface area contributed by atoms with Crippen LogP contribution in [-0.2, 0) is 7.05 Å². The Labute approximate surface area is 113 Å². The van der Waals surface area contributed by atoms with E-state index < -0.39 is 0 Å². The summed E-state index contributed by atoms with van der Waals surface area (Å²) in [6, 6.07) is 7.25. The summed E-state index contributed by atoms with van der Waals surface area (Å²) >= 11 is 0. The van der Waals surface area contributed by atoms with Crippen LogP contribution < -0.4 is 4.74 Å². The van der Waals surface area contributed by atoms with Crippen molar-refractivity contribution in [1.29, 1.82) is 0 Å². The van der Waals surface area contributed by atoms with E-state index in [4.69, 9.17) is 4.74 Å². The molecule has 0 atom stereocenters. The van der Waals surface area contributed by atoms with Crippen LogP contribution in [0.3, 0.4) is 0 Å². The quantitative estimate of drug-likeness (QED) is 0.792. The Balaban J connectivity index is 2.34. The van der Waals surface area contributed by atoms with E-state index in [1.54, 1.807) is 30.1 Å². The molecule has 0 saturated carbocycles. The van der Waals surface area contributed by atoms with E-state index in [9.17, 15) is 4.79 Å². The molecule has 0 fully saturated rings. The molecule has 0 spiro atoms. The number of ether oxygens (including phenoxy) is 1. The largest absolute Gasteiger partial charge is 0.491 e. The monoisotopic (exact) mass is 258 g/mol. The minimum atomic E-state index is -0.0355. The predicted octanol–water partition coefficient (Wildman–Crippen LogP) is 2.75. The van der Waals surface area contributed by atoms with Crippen molar-refractivity contribution in [3.05, 3.63) is 47.3 Å². The zero-order valence-corrected chi connectivity index (χ0v) is 11.7. The standard InChI is InChI=1S/C15H18N2O2/c1-10(2)19-13-7-5-6-12(8-13)15(18)14-11(3)9-16-17(14)4/h5-10H,1-4H3. The fraction of sp³-hybridized carbons (Fsp3) is 0.333. The molecule has 0 radical (unpaired) electrons. The number of carbonyl (C=O) groups is 1. The van der Waals surface area contributed by atoms with Crippen molar-refractivity contribution in [3.63, 3.8) is 0 Å². The van der Waals surface area contributed by atoms with Crippen LogP contribution in [0.25, 0.3) is 0 Å². The van der Waals surface area contributed by atoms with Gasteiger partial charge in [0.25, 0.3) is 0 Å². The number of aryl methyl sites for hydroxylation is 2. The van der Waals surface area contributed by atoms with Crippen molar-refractivity contribution in [1.82, 2.24) is 9.78 Å². The minimum Gasteiger partial charge on any atom is -0.491 e. The lowest BCUT2D eigenvalue weighted by Crippen LogP contribution is -2.11. The first-order valence-electron chi connectivity index (χ1n) is 6.29. The average molecular weight is 258 g/mol. The summed E-state index contributed by atoms with van der Waals surface area (Å²) < 4.78 is 7.21. The van der Waals surface area contributed by atoms with Crippen LogP contribution in [0.2, 0.25) is 0 Å². The summed E-state index contributed by atoms with van der Waals surface area (Å²) in [4.78, 5) is 12.5. The first-order chi connectivity index (χ1) is 8.99. The third-order valence-corrected chi connectivity index (χ3v) is 2.80. The van der Waals surface area contributed by atoms with Crippen molar-refractivity contribution in [3.8, 4) is 5.75 Å². The average Bonchev–Trinajstić information content (AvgIpc) is 2.68. The first-order valence-corrected chi connectivity index (χ1v) is 6.29. The summed E-state index contributed by atoms with van der Waals surface area (Å²) in [5.41, 5.74) is 2.11. The van der Waals surface area contributed by atoms with E-state index in [0.717, 1.165) is 5.56 Å². The van der Waals surface area contributed by atoms with Crippen molar-refractivity contribution in [2.75, 3.05) is 0 Å². The van der Waals surface area contributed by atoms with Crippen molar-refractivity contribution in [2.24, 2.45) is 7.05 Å². The van der Waals surface area contributed by atoms with Crippen molar-refractivity contribution >= 4 is 5.78 Å². The maximum atomic E-state index is 12.5. The van der Waals surface area contributed by atoms with Gasteiger partial charge in [-0.3, -0.25) is 9.48 Å². The molecular weight excluding hydrogens is 240 g/mol. The molecule has 2 aromatic rings. The third kappa shape index (κ3) is 2.84. The van der Waals surface area contributed by atoms with E-state index in [1.165, 1.54) is 0 Å². The van der Waals surface area contributed by atoms with Crippen LogP contribution in [0, 0.1) is 6.92 Å². The van der Waals surface area contributed by atoms with Crippen molar-refractivity contribution in [2.45, 2.75) is 26.9 Å². The highest BCUT2D eigenvalue weighted by Gasteiger charge is 2.16. The highest BCUT2D eigenvalue weighted by atomic mass is 16.5. The molecule has 0 amide bonds. The van der Waals surface area contributed by atoms with Gasteiger partial charge in [0.1, 0.15) is 11.4 Å². The van der Waals surface area contributed by atoms with Gasteiger partial charge >= 0.3 is 0 Å². The second-order valence-corrected chi connectivity index (χ2v) is 4.82. The number of hydrogen-bond donors (Lipinski definition) is 0. The Morgan fingerprint density at radius 2 is 2.11 bits per heavy atom. The number of nitrogens with zero attached hydrogens (tertiary/aromatic N) is 2. The molecular formula is C15H18N2O2. The Morgan fingerprint density at radius 3 is 2.68 bits per heavy atom. The summed E-state index contributed by atoms with van der Waals surface area (Å²) in [6.07, 6.45) is 1.78. The molecule has 1 aromatic heterocycles. The van der Waals surface area contributed by atoms with Gasteiger partial charge in [-0.15, -0.1) is 0 Å². The molecule has 0 unspecified atom stereocenters. The van der Waals surface area contributed by atoms with Crippen LogP contribution in [-0.4, -0.2) is 21.7 Å². The van der Waals surface area contributed by atoms with E-state index in [2.05, 4.69) is 5.10 Å². The minimum absolute atomic E-state index is 0.0355. The molecule has 0 aliphatic carbocycles. The van der Waals surface area contributed by atoms with Crippen LogP contribution in [0.15, 0.2) is 30.5 Å². The van der Waals surface area contributed by atoms with E-state index in [-0.39, 0.29) is 11.9 Å². The second-order valence-electron chi connectivity index (χ2n) is 4.82. The normalized spacial score (nSPS) is 10.8. The number of ketones is 1. The van der Waals surface area contributed by atoms with Crippen LogP contribution in [0.4, 0.5) is 0 Å². The number of rotatable bonds is 4. The molecule has 0 N–H and O–H groups in total. The molecule has 0 bridgehead atoms. The van der Waals surface area contributed by atoms with Crippen LogP contribution in [0.1, 0.15) is 35.5 Å². The van der Waals surface area contributed by atoms with Crippen LogP contribution in [0.5, 0.6) is 5.75 Å². The molecule has 0 aliphatic rings. The van der Waals surface area contributed by atoms with Gasteiger partial charge in [-0.25, -0.2) is 0 Å². The lowest BCUT2D eigenvalue weighted by Gasteiger charge is -2.10. The van der Waals surface area contributed by atoms with Gasteiger partial charge < -0.3 is 4.74 Å². The molecule has 4 nitrogen and oxygen atoms in total. The summed E-state index contributed by atoms with van der Waals surface area (Å²) in [7, 11) is 1.77. The lowest BCUT2D eigenvalue weighted by molar-refractivity contribution is 0.102. The highest BCUT2D eigenvalue weighted by molar-refractivity contribution is 6.08. The second kappa shape index (κ2) is 5.26. The fourth-order valence-electron chi connectivity index (χ4n) is 1.99. The zero-order chi connectivity index (χ0) is 14.0. The van der Waals surface area contributed by atoms with Gasteiger partial charge in [0.05, 0.1) is 12.3 Å². The predicted molar refractivity (Wildman–Crippen MR) is 73.6 cm³/mol. The number of benzene rings is 1. The van der Waals surface area contributed by atoms with Gasteiger partial charge in [0.15, 0.2) is 0 Å².